The van der Waals surface area contributed by atoms with Gasteiger partial charge in [-0.3, -0.25) is 4.79 Å². The number of benzene rings is 1. The first-order valence-electron chi connectivity index (χ1n) is 6.49. The molecule has 21 heavy (non-hydrogen) atoms. The lowest BCUT2D eigenvalue weighted by Crippen LogP contribution is -2.26. The number of aryl methyl sites for hydroxylation is 2. The zero-order chi connectivity index (χ0) is 15.4. The van der Waals surface area contributed by atoms with E-state index in [0.29, 0.717) is 28.2 Å². The summed E-state index contributed by atoms with van der Waals surface area (Å²) in [5, 5.41) is 7.53. The molecule has 0 fully saturated rings. The minimum atomic E-state index is -0.156. The fourth-order valence-corrected chi connectivity index (χ4v) is 2.15. The molecule has 0 saturated carbocycles. The van der Waals surface area contributed by atoms with Gasteiger partial charge in [0.2, 0.25) is 11.8 Å². The molecule has 0 bridgehead atoms. The van der Waals surface area contributed by atoms with Crippen LogP contribution in [0.15, 0.2) is 22.7 Å². The van der Waals surface area contributed by atoms with E-state index < -0.39 is 0 Å². The zero-order valence-corrected chi connectivity index (χ0v) is 13.2. The third-order valence-electron chi connectivity index (χ3n) is 2.96. The minimum Gasteiger partial charge on any atom is -0.350 e. The molecule has 2 aromatic rings. The Morgan fingerprint density at radius 2 is 2.14 bits per heavy atom. The van der Waals surface area contributed by atoms with E-state index in [1.807, 2.05) is 13.0 Å². The minimum absolute atomic E-state index is 0.0931. The van der Waals surface area contributed by atoms with Crippen molar-refractivity contribution in [1.29, 1.82) is 0 Å². The van der Waals surface area contributed by atoms with Gasteiger partial charge in [-0.2, -0.15) is 4.98 Å². The third-order valence-corrected chi connectivity index (χ3v) is 3.70. The number of hydrogen-bond donors (Lipinski definition) is 1. The predicted molar refractivity (Wildman–Crippen MR) is 80.4 cm³/mol. The first-order valence-corrected chi connectivity index (χ1v) is 7.25. The van der Waals surface area contributed by atoms with Crippen molar-refractivity contribution in [3.8, 4) is 0 Å². The summed E-state index contributed by atoms with van der Waals surface area (Å²) in [5.41, 5.74) is 0.895. The lowest BCUT2D eigenvalue weighted by Gasteiger charge is -2.14. The van der Waals surface area contributed by atoms with E-state index in [4.69, 9.17) is 27.7 Å². The van der Waals surface area contributed by atoms with Crippen LogP contribution in [-0.4, -0.2) is 16.0 Å². The van der Waals surface area contributed by atoms with E-state index >= 15 is 0 Å². The summed E-state index contributed by atoms with van der Waals surface area (Å²) in [4.78, 5) is 16.0. The van der Waals surface area contributed by atoms with Gasteiger partial charge in [0, 0.05) is 12.8 Å². The molecule has 0 saturated heterocycles. The molecule has 1 N–H and O–H groups in total. The number of nitrogens with zero attached hydrogens (tertiary/aromatic N) is 2. The van der Waals surface area contributed by atoms with E-state index in [1.165, 1.54) is 0 Å². The fraction of sp³-hybridized carbons (Fsp3) is 0.357. The molecule has 0 aliphatic rings. The molecule has 0 radical (unpaired) electrons. The molecule has 1 aromatic carbocycles. The van der Waals surface area contributed by atoms with Gasteiger partial charge in [0.25, 0.3) is 0 Å². The Bertz CT molecular complexity index is 643. The lowest BCUT2D eigenvalue weighted by atomic mass is 10.1. The van der Waals surface area contributed by atoms with Crippen LogP contribution in [0.4, 0.5) is 0 Å². The van der Waals surface area contributed by atoms with Crippen molar-refractivity contribution in [3.05, 3.63) is 45.5 Å². The molecule has 1 heterocycles. The average Bonchev–Trinajstić information content (AvgIpc) is 2.85. The summed E-state index contributed by atoms with van der Waals surface area (Å²) in [6.07, 6.45) is 0.702. The normalized spacial score (nSPS) is 12.2. The van der Waals surface area contributed by atoms with Gasteiger partial charge in [0.05, 0.1) is 16.1 Å². The Labute approximate surface area is 132 Å². The Kier molecular flexibility index (Phi) is 5.20. The first kappa shape index (κ1) is 15.8. The molecule has 112 valence electrons. The molecule has 1 unspecified atom stereocenters. The smallest absolute Gasteiger partial charge is 0.227 e. The quantitative estimate of drug-likeness (QED) is 0.912. The van der Waals surface area contributed by atoms with Crippen LogP contribution in [0.1, 0.15) is 36.7 Å². The molecular formula is C14H15Cl2N3O2. The van der Waals surface area contributed by atoms with Crippen LogP contribution in [0.25, 0.3) is 0 Å². The monoisotopic (exact) mass is 327 g/mol. The summed E-state index contributed by atoms with van der Waals surface area (Å²) >= 11 is 11.8. The van der Waals surface area contributed by atoms with E-state index in [1.54, 1.807) is 19.1 Å². The molecular weight excluding hydrogens is 313 g/mol. The van der Waals surface area contributed by atoms with Crippen LogP contribution < -0.4 is 5.32 Å². The van der Waals surface area contributed by atoms with Gasteiger partial charge in [0.1, 0.15) is 0 Å². The van der Waals surface area contributed by atoms with Crippen molar-refractivity contribution in [1.82, 2.24) is 15.5 Å². The molecule has 5 nitrogen and oxygen atoms in total. The second-order valence-electron chi connectivity index (χ2n) is 4.70. The molecule has 7 heteroatoms. The Morgan fingerprint density at radius 3 is 2.76 bits per heavy atom. The van der Waals surface area contributed by atoms with Crippen LogP contribution >= 0.6 is 23.2 Å². The molecule has 1 amide bonds. The van der Waals surface area contributed by atoms with E-state index in [9.17, 15) is 4.79 Å². The van der Waals surface area contributed by atoms with Crippen LogP contribution in [0.3, 0.4) is 0 Å². The second-order valence-corrected chi connectivity index (χ2v) is 5.51. The van der Waals surface area contributed by atoms with Gasteiger partial charge < -0.3 is 9.84 Å². The van der Waals surface area contributed by atoms with Crippen molar-refractivity contribution in [3.63, 3.8) is 0 Å². The number of carbonyl (C=O) groups excluding carboxylic acids is 1. The highest BCUT2D eigenvalue weighted by Gasteiger charge is 2.12. The standard InChI is InChI=1S/C14H15Cl2N3O2/c1-8(10-3-4-11(15)12(16)7-10)17-13(20)5-6-14-18-9(2)19-21-14/h3-4,7-8H,5-6H2,1-2H3,(H,17,20). The zero-order valence-electron chi connectivity index (χ0n) is 11.7. The van der Waals surface area contributed by atoms with Gasteiger partial charge in [-0.1, -0.05) is 34.4 Å². The van der Waals surface area contributed by atoms with Crippen LogP contribution in [0.5, 0.6) is 0 Å². The SMILES string of the molecule is Cc1noc(CCC(=O)NC(C)c2ccc(Cl)c(Cl)c2)n1. The second kappa shape index (κ2) is 6.91. The van der Waals surface area contributed by atoms with Gasteiger partial charge in [-0.25, -0.2) is 0 Å². The maximum Gasteiger partial charge on any atom is 0.227 e. The van der Waals surface area contributed by atoms with E-state index in [0.717, 1.165) is 5.56 Å². The summed E-state index contributed by atoms with van der Waals surface area (Å²) in [6.45, 7) is 3.62. The largest absolute Gasteiger partial charge is 0.350 e. The third kappa shape index (κ3) is 4.44. The highest BCUT2D eigenvalue weighted by molar-refractivity contribution is 6.42. The molecule has 1 atom stereocenters. The van der Waals surface area contributed by atoms with Crippen molar-refractivity contribution in [2.24, 2.45) is 0 Å². The average molecular weight is 328 g/mol. The Balaban J connectivity index is 1.88. The maximum atomic E-state index is 11.9. The highest BCUT2D eigenvalue weighted by Crippen LogP contribution is 2.25. The van der Waals surface area contributed by atoms with Crippen LogP contribution in [0, 0.1) is 6.92 Å². The predicted octanol–water partition coefficient (Wildman–Crippen LogP) is 3.49. The Hall–Kier alpha value is -1.59. The number of rotatable bonds is 5. The van der Waals surface area contributed by atoms with Crippen molar-refractivity contribution in [2.45, 2.75) is 32.7 Å². The number of amides is 1. The summed E-state index contributed by atoms with van der Waals surface area (Å²) in [6, 6.07) is 5.14. The van der Waals surface area contributed by atoms with E-state index in [2.05, 4.69) is 15.5 Å². The lowest BCUT2D eigenvalue weighted by molar-refractivity contribution is -0.121. The van der Waals surface area contributed by atoms with Crippen LogP contribution in [-0.2, 0) is 11.2 Å². The van der Waals surface area contributed by atoms with E-state index in [-0.39, 0.29) is 18.4 Å². The van der Waals surface area contributed by atoms with Crippen molar-refractivity contribution < 1.29 is 9.32 Å². The summed E-state index contributed by atoms with van der Waals surface area (Å²) < 4.78 is 4.96. The molecule has 0 spiro atoms. The number of nitrogens with one attached hydrogen (secondary N) is 1. The number of aromatic nitrogens is 2. The molecule has 2 rings (SSSR count). The van der Waals surface area contributed by atoms with Crippen molar-refractivity contribution >= 4 is 29.1 Å². The van der Waals surface area contributed by atoms with Gasteiger partial charge >= 0.3 is 0 Å². The van der Waals surface area contributed by atoms with Gasteiger partial charge in [0.15, 0.2) is 5.82 Å². The summed E-state index contributed by atoms with van der Waals surface area (Å²) in [7, 11) is 0. The maximum absolute atomic E-state index is 11.9. The summed E-state index contributed by atoms with van der Waals surface area (Å²) in [5.74, 6) is 0.934. The highest BCUT2D eigenvalue weighted by atomic mass is 35.5. The number of hydrogen-bond acceptors (Lipinski definition) is 4. The number of carbonyl (C=O) groups is 1. The van der Waals surface area contributed by atoms with Gasteiger partial charge in [-0.05, 0) is 31.5 Å². The van der Waals surface area contributed by atoms with Crippen molar-refractivity contribution in [2.75, 3.05) is 0 Å². The topological polar surface area (TPSA) is 68.0 Å². The molecule has 1 aromatic heterocycles. The Morgan fingerprint density at radius 1 is 1.38 bits per heavy atom. The van der Waals surface area contributed by atoms with Crippen LogP contribution in [0.2, 0.25) is 10.0 Å². The number of halogens is 2. The molecule has 0 aliphatic carbocycles. The van der Waals surface area contributed by atoms with Gasteiger partial charge in [-0.15, -0.1) is 0 Å². The fourth-order valence-electron chi connectivity index (χ4n) is 1.84. The first-order chi connectivity index (χ1) is 9.95. The molecule has 0 aliphatic heterocycles.